The van der Waals surface area contributed by atoms with Gasteiger partial charge in [0.25, 0.3) is 11.5 Å². The number of alkyl halides is 3. The molecule has 3 aromatic rings. The average Bonchev–Trinajstić information content (AvgIpc) is 2.62. The van der Waals surface area contributed by atoms with Crippen molar-refractivity contribution >= 4 is 11.6 Å². The molecule has 1 heterocycles. The van der Waals surface area contributed by atoms with Crippen molar-refractivity contribution in [1.29, 1.82) is 0 Å². The quantitative estimate of drug-likeness (QED) is 0.738. The fraction of sp³-hybridized carbons (Fsp3) is 0.0556. The zero-order valence-electron chi connectivity index (χ0n) is 13.6. The molecule has 0 saturated carbocycles. The van der Waals surface area contributed by atoms with E-state index in [-0.39, 0.29) is 11.4 Å². The molecular weight excluding hydrogens is 363 g/mol. The summed E-state index contributed by atoms with van der Waals surface area (Å²) >= 11 is 0. The fourth-order valence-electron chi connectivity index (χ4n) is 2.42. The molecule has 0 radical (unpaired) electrons. The maximum Gasteiger partial charge on any atom is 0.416 e. The molecule has 1 aromatic heterocycles. The number of H-pyrrole nitrogens is 1. The first-order valence-electron chi connectivity index (χ1n) is 7.66. The molecule has 6 nitrogen and oxygen atoms in total. The molecule has 0 aliphatic heterocycles. The Morgan fingerprint density at radius 3 is 2.37 bits per heavy atom. The van der Waals surface area contributed by atoms with Gasteiger partial charge in [0.05, 0.1) is 11.3 Å². The number of aromatic nitrogens is 2. The van der Waals surface area contributed by atoms with Gasteiger partial charge in [0.15, 0.2) is 0 Å². The predicted octanol–water partition coefficient (Wildman–Crippen LogP) is 2.80. The van der Waals surface area contributed by atoms with Gasteiger partial charge in [-0.1, -0.05) is 24.3 Å². The first-order valence-corrected chi connectivity index (χ1v) is 7.66. The first kappa shape index (κ1) is 18.2. The zero-order chi connectivity index (χ0) is 19.6. The number of aromatic amines is 1. The topological polar surface area (TPSA) is 84.0 Å². The summed E-state index contributed by atoms with van der Waals surface area (Å²) in [5.41, 5.74) is -2.89. The number of hydrogen-bond acceptors (Lipinski definition) is 3. The highest BCUT2D eigenvalue weighted by molar-refractivity contribution is 6.03. The third kappa shape index (κ3) is 3.81. The lowest BCUT2D eigenvalue weighted by atomic mass is 10.2. The minimum Gasteiger partial charge on any atom is -0.322 e. The van der Waals surface area contributed by atoms with Gasteiger partial charge < -0.3 is 10.3 Å². The summed E-state index contributed by atoms with van der Waals surface area (Å²) in [4.78, 5) is 39.2. The highest BCUT2D eigenvalue weighted by atomic mass is 19.4. The van der Waals surface area contributed by atoms with Gasteiger partial charge in [0.2, 0.25) is 0 Å². The predicted molar refractivity (Wildman–Crippen MR) is 92.1 cm³/mol. The number of rotatable bonds is 3. The third-order valence-electron chi connectivity index (χ3n) is 3.68. The van der Waals surface area contributed by atoms with Crippen LogP contribution < -0.4 is 16.6 Å². The molecule has 2 aromatic carbocycles. The van der Waals surface area contributed by atoms with Crippen molar-refractivity contribution in [2.24, 2.45) is 0 Å². The molecular formula is C18H12F3N3O3. The molecule has 27 heavy (non-hydrogen) atoms. The minimum atomic E-state index is -4.57. The number of benzene rings is 2. The van der Waals surface area contributed by atoms with Gasteiger partial charge in [-0.3, -0.25) is 9.59 Å². The Balaban J connectivity index is 1.97. The van der Waals surface area contributed by atoms with E-state index in [1.54, 1.807) is 18.2 Å². The monoisotopic (exact) mass is 375 g/mol. The SMILES string of the molecule is O=C(Nc1cccc(C(F)(F)F)c1)c1c[nH]c(=O)n(-c2ccccc2)c1=O. The minimum absolute atomic E-state index is 0.133. The van der Waals surface area contributed by atoms with Gasteiger partial charge in [-0.2, -0.15) is 13.2 Å². The van der Waals surface area contributed by atoms with Crippen LogP contribution in [0.4, 0.5) is 18.9 Å². The second kappa shape index (κ2) is 6.94. The normalized spacial score (nSPS) is 11.2. The molecule has 0 spiro atoms. The molecule has 0 bridgehead atoms. The summed E-state index contributed by atoms with van der Waals surface area (Å²) in [5, 5.41) is 2.24. The van der Waals surface area contributed by atoms with Crippen LogP contribution in [-0.4, -0.2) is 15.5 Å². The van der Waals surface area contributed by atoms with Gasteiger partial charge in [-0.15, -0.1) is 0 Å². The lowest BCUT2D eigenvalue weighted by molar-refractivity contribution is -0.137. The van der Waals surface area contributed by atoms with E-state index < -0.39 is 34.5 Å². The van der Waals surface area contributed by atoms with Crippen LogP contribution in [0.1, 0.15) is 15.9 Å². The van der Waals surface area contributed by atoms with Crippen LogP contribution in [-0.2, 0) is 6.18 Å². The van der Waals surface area contributed by atoms with E-state index in [1.165, 1.54) is 18.2 Å². The molecule has 3 rings (SSSR count). The van der Waals surface area contributed by atoms with Crippen LogP contribution in [0.25, 0.3) is 5.69 Å². The smallest absolute Gasteiger partial charge is 0.322 e. The molecule has 0 atom stereocenters. The lowest BCUT2D eigenvalue weighted by Crippen LogP contribution is -2.38. The van der Waals surface area contributed by atoms with E-state index in [4.69, 9.17) is 0 Å². The highest BCUT2D eigenvalue weighted by Crippen LogP contribution is 2.30. The van der Waals surface area contributed by atoms with Crippen molar-refractivity contribution in [3.05, 3.63) is 92.8 Å². The summed E-state index contributed by atoms with van der Waals surface area (Å²) in [6.07, 6.45) is -3.65. The number of hydrogen-bond donors (Lipinski definition) is 2. The van der Waals surface area contributed by atoms with E-state index in [1.807, 2.05) is 0 Å². The van der Waals surface area contributed by atoms with Crippen molar-refractivity contribution < 1.29 is 18.0 Å². The largest absolute Gasteiger partial charge is 0.416 e. The van der Waals surface area contributed by atoms with Crippen molar-refractivity contribution in [3.8, 4) is 5.69 Å². The molecule has 9 heteroatoms. The van der Waals surface area contributed by atoms with Gasteiger partial charge in [0.1, 0.15) is 5.56 Å². The Bertz CT molecular complexity index is 1100. The molecule has 1 amide bonds. The molecule has 0 unspecified atom stereocenters. The molecule has 0 aliphatic carbocycles. The maximum absolute atomic E-state index is 12.8. The zero-order valence-corrected chi connectivity index (χ0v) is 13.6. The van der Waals surface area contributed by atoms with E-state index in [9.17, 15) is 27.6 Å². The standard InChI is InChI=1S/C18H12F3N3O3/c19-18(20,21)11-5-4-6-12(9-11)23-15(25)14-10-22-17(27)24(16(14)26)13-7-2-1-3-8-13/h1-10H,(H,22,27)(H,23,25). The summed E-state index contributed by atoms with van der Waals surface area (Å²) in [6.45, 7) is 0. The van der Waals surface area contributed by atoms with Crippen LogP contribution in [0.15, 0.2) is 70.4 Å². The second-order valence-electron chi connectivity index (χ2n) is 5.52. The summed E-state index contributed by atoms with van der Waals surface area (Å²) < 4.78 is 39.1. The van der Waals surface area contributed by atoms with Gasteiger partial charge >= 0.3 is 11.9 Å². The molecule has 138 valence electrons. The number of anilines is 1. The van der Waals surface area contributed by atoms with Crippen LogP contribution >= 0.6 is 0 Å². The molecule has 0 saturated heterocycles. The highest BCUT2D eigenvalue weighted by Gasteiger charge is 2.30. The first-order chi connectivity index (χ1) is 12.8. The van der Waals surface area contributed by atoms with Crippen molar-refractivity contribution in [3.63, 3.8) is 0 Å². The van der Waals surface area contributed by atoms with Crippen LogP contribution in [0.5, 0.6) is 0 Å². The Kier molecular flexibility index (Phi) is 4.68. The summed E-state index contributed by atoms with van der Waals surface area (Å²) in [6, 6.07) is 11.9. The van der Waals surface area contributed by atoms with E-state index in [2.05, 4.69) is 10.3 Å². The lowest BCUT2D eigenvalue weighted by Gasteiger charge is -2.10. The number of carbonyl (C=O) groups excluding carboxylic acids is 1. The average molecular weight is 375 g/mol. The van der Waals surface area contributed by atoms with Crippen LogP contribution in [0.3, 0.4) is 0 Å². The molecule has 2 N–H and O–H groups in total. The van der Waals surface area contributed by atoms with Crippen molar-refractivity contribution in [2.75, 3.05) is 5.32 Å². The van der Waals surface area contributed by atoms with Crippen molar-refractivity contribution in [2.45, 2.75) is 6.18 Å². The van der Waals surface area contributed by atoms with E-state index >= 15 is 0 Å². The second-order valence-corrected chi connectivity index (χ2v) is 5.52. The number of halogens is 3. The number of para-hydroxylation sites is 1. The summed E-state index contributed by atoms with van der Waals surface area (Å²) in [5.74, 6) is -0.944. The van der Waals surface area contributed by atoms with Gasteiger partial charge in [-0.25, -0.2) is 9.36 Å². The summed E-state index contributed by atoms with van der Waals surface area (Å²) in [7, 11) is 0. The molecule has 0 aliphatic rings. The Hall–Kier alpha value is -3.62. The maximum atomic E-state index is 12.8. The number of nitrogens with zero attached hydrogens (tertiary/aromatic N) is 1. The Labute approximate surface area is 149 Å². The van der Waals surface area contributed by atoms with Crippen molar-refractivity contribution in [1.82, 2.24) is 9.55 Å². The molecule has 0 fully saturated rings. The number of amides is 1. The van der Waals surface area contributed by atoms with Gasteiger partial charge in [-0.05, 0) is 30.3 Å². The third-order valence-corrected chi connectivity index (χ3v) is 3.68. The van der Waals surface area contributed by atoms with E-state index in [0.29, 0.717) is 0 Å². The Morgan fingerprint density at radius 2 is 1.70 bits per heavy atom. The van der Waals surface area contributed by atoms with Crippen LogP contribution in [0.2, 0.25) is 0 Å². The van der Waals surface area contributed by atoms with E-state index in [0.717, 1.165) is 29.0 Å². The van der Waals surface area contributed by atoms with Gasteiger partial charge in [0, 0.05) is 11.9 Å². The Morgan fingerprint density at radius 1 is 1.00 bits per heavy atom. The number of carbonyl (C=O) groups is 1. The number of nitrogens with one attached hydrogen (secondary N) is 2. The van der Waals surface area contributed by atoms with Crippen LogP contribution in [0, 0.1) is 0 Å². The fourth-order valence-corrected chi connectivity index (χ4v) is 2.42.